The normalized spacial score (nSPS) is 10.1. The Morgan fingerprint density at radius 1 is 0.468 bits per heavy atom. The van der Waals surface area contributed by atoms with E-state index in [0.29, 0.717) is 55.9 Å². The van der Waals surface area contributed by atoms with Crippen molar-refractivity contribution in [2.45, 2.75) is 185 Å². The zero-order valence-corrected chi connectivity index (χ0v) is 99.7. The number of halogens is 4. The molecule has 0 unspecified atom stereocenters. The number of aldehydes is 3. The zero-order valence-electron chi connectivity index (χ0n) is 78.1. The molecule has 8 N–H and O–H groups in total. The number of para-hydroxylation sites is 6. The van der Waals surface area contributed by atoms with Crippen molar-refractivity contribution >= 4 is 374 Å². The van der Waals surface area contributed by atoms with Crippen LogP contribution in [0.3, 0.4) is 0 Å². The van der Waals surface area contributed by atoms with Crippen molar-refractivity contribution < 1.29 is 38.4 Å². The molecule has 0 amide bonds. The molecule has 0 radical (unpaired) electrons. The van der Waals surface area contributed by atoms with Crippen molar-refractivity contribution in [2.75, 3.05) is 16.8 Å². The van der Waals surface area contributed by atoms with Gasteiger partial charge in [0.05, 0.1) is 85.6 Å². The van der Waals surface area contributed by atoms with Crippen LogP contribution in [0.4, 0.5) is 11.4 Å². The van der Waals surface area contributed by atoms with E-state index in [2.05, 4.69) is 257 Å². The summed E-state index contributed by atoms with van der Waals surface area (Å²) in [4.78, 5) is 105. The number of hydrogen-bond donors (Lipinski definition) is 6. The molecular weight excluding hydrogens is 2410 g/mol. The van der Waals surface area contributed by atoms with Gasteiger partial charge < -0.3 is 21.4 Å². The molecule has 24 nitrogen and oxygen atoms in total. The van der Waals surface area contributed by atoms with Gasteiger partial charge in [-0.25, -0.2) is 9.97 Å². The summed E-state index contributed by atoms with van der Waals surface area (Å²) < 4.78 is 13.5. The molecule has 7 heterocycles. The molecule has 15 rings (SSSR count). The Labute approximate surface area is 912 Å². The summed E-state index contributed by atoms with van der Waals surface area (Å²) in [5, 5.41) is 31.4. The summed E-state index contributed by atoms with van der Waals surface area (Å²) in [6.45, 7) is 23.2. The number of aromatic nitrogens is 14. The van der Waals surface area contributed by atoms with E-state index >= 15 is 0 Å². The number of carbonyl (C=O) groups excluding carboxylic acids is 8. The number of imidazole rings is 2. The Hall–Kier alpha value is -7.10. The average molecular weight is 2530 g/mol. The van der Waals surface area contributed by atoms with Crippen LogP contribution in [-0.2, 0) is 182 Å². The first-order chi connectivity index (χ1) is 66.5. The molecule has 15 aromatic rings. The van der Waals surface area contributed by atoms with E-state index in [1.807, 2.05) is 109 Å². The number of anilines is 2. The monoisotopic (exact) mass is 2520 g/mol. The number of alkyl halides is 1. The fraction of sp³-hybridized carbons (Fsp3) is 0.316. The molecule has 7 aromatic heterocycles. The van der Waals surface area contributed by atoms with E-state index in [4.69, 9.17) is 11.5 Å². The van der Waals surface area contributed by atoms with Gasteiger partial charge in [-0.2, -0.15) is 39.0 Å². The number of benzene rings is 8. The molecule has 0 saturated heterocycles. The van der Waals surface area contributed by atoms with Crippen LogP contribution in [0.2, 0.25) is 13.3 Å². The summed E-state index contributed by atoms with van der Waals surface area (Å²) in [5.74, 6) is 1.99. The predicted octanol–water partition coefficient (Wildman–Crippen LogP) is 24.0. The van der Waals surface area contributed by atoms with Crippen molar-refractivity contribution in [1.82, 2.24) is 69.7 Å². The molecule has 0 aliphatic rings. The maximum absolute atomic E-state index is 12.0. The van der Waals surface area contributed by atoms with Gasteiger partial charge in [0, 0.05) is 217 Å². The van der Waals surface area contributed by atoms with Gasteiger partial charge in [0.1, 0.15) is 62.3 Å². The maximum atomic E-state index is 12.0. The fourth-order valence-corrected chi connectivity index (χ4v) is 32.8. The molecule has 0 aliphatic heterocycles. The van der Waals surface area contributed by atoms with Crippen LogP contribution in [0.5, 0.6) is 0 Å². The second kappa shape index (κ2) is 71.4. The quantitative estimate of drug-likeness (QED) is 0.00587. The van der Waals surface area contributed by atoms with Gasteiger partial charge in [-0.1, -0.05) is 91.9 Å². The van der Waals surface area contributed by atoms with Crippen LogP contribution >= 0.6 is 77.2 Å². The SMILES string of the molecule is C=[C](C)[Sn]([CH2]CCC)([CH2]CCC)[CH2]CCC.CC(=O)Cn1nc(Br)c2cc(-c3nc4ccccc4[nH]3)ccc21.CC(=O)Cn1nc(C(C)=O)c2cc(-c3nc4ccccc4[nH]3)ccc21.CCCCCC(=O)CBr.CCCCCC(=O)Cn1nc(Br)c2cc(C=O)ccc21.Nc1ccccc1N.O=Cc1ccc2[nH]ncc2c1.O=Cc1ccc2n[nH]c(Br)c2c1.S.S=S.S=S=S.S=S=S=S.S=S=S=S=S. The van der Waals surface area contributed by atoms with E-state index in [1.165, 1.54) is 110 Å². The minimum Gasteiger partial charge on any atom is -0.397 e. The summed E-state index contributed by atoms with van der Waals surface area (Å²) in [7, 11) is 7.21. The van der Waals surface area contributed by atoms with Crippen molar-refractivity contribution in [2.24, 2.45) is 0 Å². The molecule has 0 saturated carbocycles. The Bertz CT molecular complexity index is 6690. The van der Waals surface area contributed by atoms with Crippen LogP contribution < -0.4 is 11.5 Å². The number of fused-ring (bicyclic) bond motifs is 7. The van der Waals surface area contributed by atoms with Gasteiger partial charge in [0.25, 0.3) is 0 Å². The molecule has 742 valence electrons. The smallest absolute Gasteiger partial charge is 0.180 e. The van der Waals surface area contributed by atoms with Crippen LogP contribution in [0.1, 0.15) is 194 Å². The van der Waals surface area contributed by atoms with Crippen LogP contribution in [0, 0.1) is 0 Å². The number of nitrogens with two attached hydrogens (primary N) is 2. The molecular formula is C95H112Br4N16O8S15Sn. The Morgan fingerprint density at radius 2 is 0.878 bits per heavy atom. The molecule has 0 bridgehead atoms. The molecule has 0 atom stereocenters. The van der Waals surface area contributed by atoms with E-state index in [1.54, 1.807) is 98.7 Å². The van der Waals surface area contributed by atoms with Crippen LogP contribution in [0.15, 0.2) is 194 Å². The molecule has 0 fully saturated rings. The van der Waals surface area contributed by atoms with E-state index in [9.17, 15) is 38.4 Å². The number of allylic oxidation sites excluding steroid dienone is 1. The summed E-state index contributed by atoms with van der Waals surface area (Å²) in [5.41, 5.74) is 24.4. The van der Waals surface area contributed by atoms with Crippen molar-refractivity contribution in [3.8, 4) is 22.8 Å². The first kappa shape index (κ1) is 126. The van der Waals surface area contributed by atoms with Crippen LogP contribution in [0.25, 0.3) is 99.4 Å². The zero-order chi connectivity index (χ0) is 102. The Morgan fingerprint density at radius 3 is 1.30 bits per heavy atom. The average Bonchev–Trinajstić information content (AvgIpc) is 1.65. The van der Waals surface area contributed by atoms with Crippen LogP contribution in [-0.4, -0.2) is 141 Å². The van der Waals surface area contributed by atoms with Gasteiger partial charge in [-0.3, -0.25) is 62.6 Å². The predicted molar refractivity (Wildman–Crippen MR) is 633 cm³/mol. The van der Waals surface area contributed by atoms with Gasteiger partial charge in [0.2, 0.25) is 0 Å². The standard InChI is InChI=1S/C19H16N4O2.C17H13BrN4O.C15H17BrN2O2.C8H5BrN2O.C8H6N2O.C7H13BrO.C6H8N2.3C4H9.C3H5.S5.S4.S3.S2.H2S.Sn/c1-11(24)10-23-17-8-7-13(9-14(17)18(22-23)12(2)25)19-20-15-5-3-4-6-16(15)21-19;1-10(23)9-22-15-7-6-11(8-12(15)16(18)21-22)17-19-13-4-2-3-5-14(13)20-17;1-2-3-4-5-12(20)9-18-14-7-6-11(10-19)8-13(14)15(16)17-18;9-8-6-3-5(4-12)1-2-7(6)10-11-8;11-5-6-1-2-8-7(3-6)4-9-10-8;1-2-3-4-5-7(9)6-8;7-5-3-1-2-4-6(5)8;3*1-3-4-2;1-3-2;1-3-5-4-2;1-3-4-2;1-3-2;1-2;;/h3-9H,10H2,1-2H3,(H,20,21);2-8H,9H2,1H3,(H,19,20);6-8,10H,2-5,9H2,1H3;1-4H,(H,10,11);1-5H,(H,9,10);2-6H2,1H3;1-4H,7-8H2;3*1,3-4H2,2H3;1H2,2H3;;;;;1H2;. The Balaban J connectivity index is 0.000000409. The fourth-order valence-electron chi connectivity index (χ4n) is 13.7. The molecule has 44 heteroatoms. The Kier molecular flexibility index (Phi) is 64.7. The van der Waals surface area contributed by atoms with Gasteiger partial charge in [-0.05, 0) is 202 Å². The minimum atomic E-state index is -1.94. The first-order valence-electron chi connectivity index (χ1n) is 43.4. The number of hydrogen-bond acceptors (Lipinski definition) is 25. The number of ketones is 5. The number of aromatic amines is 4. The second-order valence-electron chi connectivity index (χ2n) is 30.7. The summed E-state index contributed by atoms with van der Waals surface area (Å²) in [6.07, 6.45) is 20.5. The van der Waals surface area contributed by atoms with Crippen molar-refractivity contribution in [3.05, 3.63) is 216 Å². The third-order valence-electron chi connectivity index (χ3n) is 20.6. The number of unbranched alkanes of at least 4 members (excludes halogenated alkanes) is 7. The number of nitrogen functional groups attached to an aromatic ring is 2. The third kappa shape index (κ3) is 43.4. The summed E-state index contributed by atoms with van der Waals surface area (Å²) in [6, 6.07) is 50.7. The van der Waals surface area contributed by atoms with E-state index in [-0.39, 0.29) is 56.3 Å². The molecule has 139 heavy (non-hydrogen) atoms. The number of nitrogens with zero attached hydrogens (tertiary/aromatic N) is 10. The minimum absolute atomic E-state index is 0. The summed E-state index contributed by atoms with van der Waals surface area (Å²) >= 11 is 44.4. The first-order valence-corrected chi connectivity index (χ1v) is 67.7. The van der Waals surface area contributed by atoms with E-state index in [0.717, 1.165) is 168 Å². The number of H-pyrrole nitrogens is 4. The molecule has 0 spiro atoms. The van der Waals surface area contributed by atoms with Crippen molar-refractivity contribution in [1.29, 1.82) is 0 Å². The van der Waals surface area contributed by atoms with Gasteiger partial charge in [-0.15, -0.1) is 0 Å². The number of Topliss-reactive ketones (excluding diaryl/α,β-unsaturated/α-hetero) is 5. The van der Waals surface area contributed by atoms with Crippen molar-refractivity contribution in [3.63, 3.8) is 0 Å². The van der Waals surface area contributed by atoms with Gasteiger partial charge in [0.15, 0.2) is 23.1 Å². The number of rotatable bonds is 31. The molecule has 8 aromatic carbocycles. The third-order valence-corrected chi connectivity index (χ3v) is 46.1. The van der Waals surface area contributed by atoms with E-state index < -0.39 is 18.4 Å². The number of nitrogens with one attached hydrogen (secondary N) is 4. The molecule has 0 aliphatic carbocycles. The second-order valence-corrected chi connectivity index (χ2v) is 58.2. The van der Waals surface area contributed by atoms with Gasteiger partial charge >= 0.3 is 108 Å². The largest absolute Gasteiger partial charge is 0.397 e. The topological polar surface area (TPSA) is 357 Å². The number of carbonyl (C=O) groups is 8. The maximum Gasteiger partial charge on any atom is 0.180 e.